The molecule has 0 aromatic rings. The van der Waals surface area contributed by atoms with E-state index in [4.69, 9.17) is 8.85 Å². The highest BCUT2D eigenvalue weighted by molar-refractivity contribution is 6.74. The van der Waals surface area contributed by atoms with Gasteiger partial charge in [-0.1, -0.05) is 92.9 Å². The van der Waals surface area contributed by atoms with Crippen molar-refractivity contribution in [3.63, 3.8) is 0 Å². The van der Waals surface area contributed by atoms with E-state index in [2.05, 4.69) is 41.5 Å². The van der Waals surface area contributed by atoms with Gasteiger partial charge in [-0.25, -0.2) is 0 Å². The van der Waals surface area contributed by atoms with E-state index in [1.807, 2.05) is 0 Å². The molecule has 28 heavy (non-hydrogen) atoms. The van der Waals surface area contributed by atoms with Crippen LogP contribution in [0.1, 0.15) is 106 Å². The van der Waals surface area contributed by atoms with Crippen LogP contribution in [0.25, 0.3) is 0 Å². The molecule has 0 aromatic heterocycles. The molecule has 4 heteroatoms. The van der Waals surface area contributed by atoms with Crippen LogP contribution in [0, 0.1) is 0 Å². The molecule has 0 saturated heterocycles. The highest BCUT2D eigenvalue weighted by Crippen LogP contribution is 2.32. The van der Waals surface area contributed by atoms with Gasteiger partial charge in [-0.3, -0.25) is 0 Å². The Morgan fingerprint density at radius 2 is 0.714 bits per heavy atom. The quantitative estimate of drug-likeness (QED) is 0.134. The van der Waals surface area contributed by atoms with Crippen LogP contribution in [0.5, 0.6) is 0 Å². The number of hydrogen-bond acceptors (Lipinski definition) is 2. The zero-order chi connectivity index (χ0) is 21.1. The summed E-state index contributed by atoms with van der Waals surface area (Å²) in [6.07, 6.45) is 12.9. The van der Waals surface area contributed by atoms with Crippen molar-refractivity contribution >= 4 is 16.6 Å². The maximum atomic E-state index is 6.68. The van der Waals surface area contributed by atoms with Crippen molar-refractivity contribution in [3.8, 4) is 0 Å². The van der Waals surface area contributed by atoms with E-state index in [0.29, 0.717) is 0 Å². The fraction of sp³-hybridized carbons (Fsp3) is 1.00. The minimum Gasteiger partial charge on any atom is -0.417 e. The van der Waals surface area contributed by atoms with Gasteiger partial charge in [0, 0.05) is 13.2 Å². The summed E-state index contributed by atoms with van der Waals surface area (Å²) in [5, 5.41) is 0. The molecule has 0 unspecified atom stereocenters. The predicted molar refractivity (Wildman–Crippen MR) is 132 cm³/mol. The Hall–Kier alpha value is 0.354. The van der Waals surface area contributed by atoms with Gasteiger partial charge in [-0.2, -0.15) is 0 Å². The third-order valence-corrected chi connectivity index (χ3v) is 16.0. The Morgan fingerprint density at radius 1 is 0.393 bits per heavy atom. The average Bonchev–Trinajstić information content (AvgIpc) is 2.67. The Bertz CT molecular complexity index is 293. The Kier molecular flexibility index (Phi) is 18.4. The smallest absolute Gasteiger partial charge is 0.192 e. The Morgan fingerprint density at radius 3 is 0.964 bits per heavy atom. The highest BCUT2D eigenvalue weighted by Gasteiger charge is 2.35. The maximum Gasteiger partial charge on any atom is 0.192 e. The van der Waals surface area contributed by atoms with Gasteiger partial charge < -0.3 is 8.85 Å². The number of rotatable bonds is 21. The molecule has 0 N–H and O–H groups in total. The molecule has 0 atom stereocenters. The van der Waals surface area contributed by atoms with E-state index in [-0.39, 0.29) is 0 Å². The molecule has 0 aliphatic rings. The minimum atomic E-state index is -1.52. The molecule has 0 rings (SSSR count). The normalized spacial score (nSPS) is 12.6. The molecule has 0 radical (unpaired) electrons. The molecule has 0 heterocycles. The molecule has 0 amide bonds. The summed E-state index contributed by atoms with van der Waals surface area (Å²) in [5.74, 6) is 0. The lowest BCUT2D eigenvalue weighted by molar-refractivity contribution is 0.283. The summed E-state index contributed by atoms with van der Waals surface area (Å²) in [6.45, 7) is 16.0. The second-order valence-electron chi connectivity index (χ2n) is 8.98. The van der Waals surface area contributed by atoms with Crippen LogP contribution in [-0.4, -0.2) is 29.8 Å². The molecule has 0 bridgehead atoms. The lowest BCUT2D eigenvalue weighted by Crippen LogP contribution is -2.40. The average molecular weight is 431 g/mol. The van der Waals surface area contributed by atoms with Gasteiger partial charge in [0.05, 0.1) is 0 Å². The predicted octanol–water partition coefficient (Wildman–Crippen LogP) is 8.93. The Labute approximate surface area is 180 Å². The molecule has 0 fully saturated rings. The van der Waals surface area contributed by atoms with Gasteiger partial charge in [0.2, 0.25) is 0 Å². The van der Waals surface area contributed by atoms with Crippen molar-refractivity contribution in [2.45, 2.75) is 142 Å². The van der Waals surface area contributed by atoms with Gasteiger partial charge in [0.25, 0.3) is 0 Å². The SMILES string of the molecule is CCCCO[Si](CCC)(CCC)CCCC[Si](CCC)(CCC)OCCCC. The molecule has 0 aliphatic heterocycles. The molecule has 0 aliphatic carbocycles. The van der Waals surface area contributed by atoms with E-state index in [9.17, 15) is 0 Å². The second-order valence-corrected chi connectivity index (χ2v) is 17.3. The fourth-order valence-corrected chi connectivity index (χ4v) is 13.7. The van der Waals surface area contributed by atoms with Gasteiger partial charge >= 0.3 is 0 Å². The van der Waals surface area contributed by atoms with Crippen LogP contribution in [0.15, 0.2) is 0 Å². The highest BCUT2D eigenvalue weighted by atomic mass is 28.4. The van der Waals surface area contributed by atoms with Crippen molar-refractivity contribution in [2.24, 2.45) is 0 Å². The molecule has 0 saturated carbocycles. The summed E-state index contributed by atoms with van der Waals surface area (Å²) in [5.41, 5.74) is 0. The monoisotopic (exact) mass is 430 g/mol. The molecular weight excluding hydrogens is 376 g/mol. The van der Waals surface area contributed by atoms with E-state index in [1.54, 1.807) is 0 Å². The summed E-state index contributed by atoms with van der Waals surface area (Å²) in [4.78, 5) is 0. The zero-order valence-electron chi connectivity index (χ0n) is 20.5. The summed E-state index contributed by atoms with van der Waals surface area (Å²) >= 11 is 0. The van der Waals surface area contributed by atoms with E-state index < -0.39 is 16.6 Å². The number of hydrogen-bond donors (Lipinski definition) is 0. The fourth-order valence-electron chi connectivity index (χ4n) is 4.77. The van der Waals surface area contributed by atoms with E-state index in [0.717, 1.165) is 13.2 Å². The standard InChI is InChI=1S/C24H54O2Si2/c1-7-13-17-25-27(19-9-3,20-10-4)23-15-16-24-28(21-11-5,22-12-6)26-18-14-8-2/h7-24H2,1-6H3. The largest absolute Gasteiger partial charge is 0.417 e. The number of unbranched alkanes of at least 4 members (excludes halogenated alkanes) is 3. The summed E-state index contributed by atoms with van der Waals surface area (Å²) in [6, 6.07) is 8.23. The molecular formula is C24H54O2Si2. The third-order valence-electron chi connectivity index (χ3n) is 6.15. The van der Waals surface area contributed by atoms with Crippen molar-refractivity contribution in [1.29, 1.82) is 0 Å². The minimum absolute atomic E-state index is 1.01. The molecule has 0 aromatic carbocycles. The first-order valence-corrected chi connectivity index (χ1v) is 17.9. The van der Waals surface area contributed by atoms with Gasteiger partial charge in [0.1, 0.15) is 0 Å². The summed E-state index contributed by atoms with van der Waals surface area (Å²) < 4.78 is 13.4. The molecule has 0 spiro atoms. The van der Waals surface area contributed by atoms with Crippen LogP contribution in [0.2, 0.25) is 36.3 Å². The van der Waals surface area contributed by atoms with Crippen LogP contribution >= 0.6 is 0 Å². The van der Waals surface area contributed by atoms with Crippen LogP contribution < -0.4 is 0 Å². The first-order chi connectivity index (χ1) is 13.6. The van der Waals surface area contributed by atoms with Crippen LogP contribution in [0.4, 0.5) is 0 Å². The topological polar surface area (TPSA) is 18.5 Å². The first-order valence-electron chi connectivity index (χ1n) is 12.8. The summed E-state index contributed by atoms with van der Waals surface area (Å²) in [7, 11) is -3.05. The molecule has 170 valence electrons. The van der Waals surface area contributed by atoms with E-state index in [1.165, 1.54) is 100 Å². The van der Waals surface area contributed by atoms with Crippen LogP contribution in [0.3, 0.4) is 0 Å². The van der Waals surface area contributed by atoms with Crippen LogP contribution in [-0.2, 0) is 8.85 Å². The van der Waals surface area contributed by atoms with Crippen molar-refractivity contribution in [3.05, 3.63) is 0 Å². The molecule has 2 nitrogen and oxygen atoms in total. The van der Waals surface area contributed by atoms with Crippen molar-refractivity contribution in [1.82, 2.24) is 0 Å². The van der Waals surface area contributed by atoms with Gasteiger partial charge in [0.15, 0.2) is 16.6 Å². The first kappa shape index (κ1) is 28.4. The van der Waals surface area contributed by atoms with Gasteiger partial charge in [-0.15, -0.1) is 0 Å². The lowest BCUT2D eigenvalue weighted by atomic mass is 10.4. The van der Waals surface area contributed by atoms with Crippen molar-refractivity contribution in [2.75, 3.05) is 13.2 Å². The van der Waals surface area contributed by atoms with Gasteiger partial charge in [-0.05, 0) is 49.1 Å². The van der Waals surface area contributed by atoms with E-state index >= 15 is 0 Å². The van der Waals surface area contributed by atoms with Crippen molar-refractivity contribution < 1.29 is 8.85 Å². The maximum absolute atomic E-state index is 6.68. The lowest BCUT2D eigenvalue weighted by Gasteiger charge is -2.33. The Balaban J connectivity index is 4.80. The third kappa shape index (κ3) is 12.1. The zero-order valence-corrected chi connectivity index (χ0v) is 22.5. The second kappa shape index (κ2) is 18.1.